The molecule has 0 atom stereocenters. The smallest absolute Gasteiger partial charge is 0.313 e. The van der Waals surface area contributed by atoms with Crippen LogP contribution in [0.4, 0.5) is 0 Å². The Kier molecular flexibility index (Phi) is 3.09. The molecule has 13 heavy (non-hydrogen) atoms. The van der Waals surface area contributed by atoms with Gasteiger partial charge in [0.2, 0.25) is 0 Å². The van der Waals surface area contributed by atoms with Gasteiger partial charge in [0.1, 0.15) is 0 Å². The highest BCUT2D eigenvalue weighted by Gasteiger charge is 2.46. The lowest BCUT2D eigenvalue weighted by Crippen LogP contribution is -2.49. The molecule has 0 radical (unpaired) electrons. The van der Waals surface area contributed by atoms with E-state index in [0.717, 1.165) is 12.8 Å². The second kappa shape index (κ2) is 3.92. The van der Waals surface area contributed by atoms with Crippen LogP contribution in [0, 0.1) is 5.41 Å². The number of aliphatic carboxylic acids is 1. The molecule has 0 heterocycles. The van der Waals surface area contributed by atoms with Crippen molar-refractivity contribution in [3.8, 4) is 0 Å². The molecular weight excluding hydrogens is 166 g/mol. The van der Waals surface area contributed by atoms with Gasteiger partial charge in [0.15, 0.2) is 0 Å². The molecule has 1 aliphatic rings. The topological polar surface area (TPSA) is 63.3 Å². The zero-order valence-corrected chi connectivity index (χ0v) is 7.99. The van der Waals surface area contributed by atoms with Crippen molar-refractivity contribution in [1.82, 2.24) is 0 Å². The largest absolute Gasteiger partial charge is 0.481 e. The van der Waals surface area contributed by atoms with Crippen molar-refractivity contribution in [2.75, 3.05) is 0 Å². The Balaban J connectivity index is 2.55. The van der Waals surface area contributed by atoms with Crippen LogP contribution < -0.4 is 5.73 Å². The molecule has 0 unspecified atom stereocenters. The zero-order chi connectivity index (χ0) is 9.90. The molecule has 1 rings (SSSR count). The van der Waals surface area contributed by atoms with Crippen LogP contribution in [0.3, 0.4) is 0 Å². The minimum Gasteiger partial charge on any atom is -0.481 e. The first-order valence-corrected chi connectivity index (χ1v) is 4.77. The molecule has 0 saturated heterocycles. The van der Waals surface area contributed by atoms with Gasteiger partial charge in [0.05, 0.1) is 5.41 Å². The van der Waals surface area contributed by atoms with E-state index in [2.05, 4.69) is 6.92 Å². The van der Waals surface area contributed by atoms with Crippen LogP contribution >= 0.6 is 0 Å². The van der Waals surface area contributed by atoms with Crippen molar-refractivity contribution < 1.29 is 9.90 Å². The normalized spacial score (nSPS) is 33.2. The predicted molar refractivity (Wildman–Crippen MR) is 51.3 cm³/mol. The number of carbonyl (C=O) groups is 1. The molecular formula is C10H17NO2. The minimum absolute atomic E-state index is 0.0716. The van der Waals surface area contributed by atoms with Crippen molar-refractivity contribution in [2.24, 2.45) is 11.1 Å². The van der Waals surface area contributed by atoms with Gasteiger partial charge in [0.25, 0.3) is 0 Å². The van der Waals surface area contributed by atoms with Crippen molar-refractivity contribution in [1.29, 1.82) is 0 Å². The summed E-state index contributed by atoms with van der Waals surface area (Å²) in [5.74, 6) is -0.735. The first kappa shape index (κ1) is 10.3. The molecule has 0 aromatic rings. The van der Waals surface area contributed by atoms with Gasteiger partial charge in [0, 0.05) is 6.04 Å². The van der Waals surface area contributed by atoms with Crippen molar-refractivity contribution in [3.63, 3.8) is 0 Å². The van der Waals surface area contributed by atoms with Crippen LogP contribution in [0.5, 0.6) is 0 Å². The summed E-state index contributed by atoms with van der Waals surface area (Å²) in [7, 11) is 0. The third-order valence-corrected chi connectivity index (χ3v) is 2.57. The van der Waals surface area contributed by atoms with Crippen LogP contribution in [-0.4, -0.2) is 17.1 Å². The number of carboxylic acids is 1. The van der Waals surface area contributed by atoms with E-state index in [1.54, 1.807) is 0 Å². The summed E-state index contributed by atoms with van der Waals surface area (Å²) in [6, 6.07) is 0.0716. The monoisotopic (exact) mass is 183 g/mol. The van der Waals surface area contributed by atoms with E-state index in [9.17, 15) is 4.79 Å². The SMILES string of the molecule is CCC/C=C/C1(C(=O)O)CC(N)C1. The number of hydrogen-bond donors (Lipinski definition) is 2. The third-order valence-electron chi connectivity index (χ3n) is 2.57. The fourth-order valence-corrected chi connectivity index (χ4v) is 1.73. The summed E-state index contributed by atoms with van der Waals surface area (Å²) in [5, 5.41) is 8.99. The molecule has 3 nitrogen and oxygen atoms in total. The molecule has 0 spiro atoms. The fraction of sp³-hybridized carbons (Fsp3) is 0.700. The third kappa shape index (κ3) is 2.10. The van der Waals surface area contributed by atoms with Crippen LogP contribution in [0.15, 0.2) is 12.2 Å². The summed E-state index contributed by atoms with van der Waals surface area (Å²) in [6.45, 7) is 2.07. The number of hydrogen-bond acceptors (Lipinski definition) is 2. The Morgan fingerprint density at radius 1 is 1.69 bits per heavy atom. The van der Waals surface area contributed by atoms with E-state index in [-0.39, 0.29) is 6.04 Å². The predicted octanol–water partition coefficient (Wildman–Crippen LogP) is 1.53. The van der Waals surface area contributed by atoms with Crippen LogP contribution in [-0.2, 0) is 4.79 Å². The van der Waals surface area contributed by atoms with E-state index in [1.807, 2.05) is 12.2 Å². The molecule has 0 aromatic carbocycles. The lowest BCUT2D eigenvalue weighted by atomic mass is 9.65. The second-order valence-corrected chi connectivity index (χ2v) is 3.82. The number of rotatable bonds is 4. The Morgan fingerprint density at radius 3 is 2.69 bits per heavy atom. The minimum atomic E-state index is -0.735. The van der Waals surface area contributed by atoms with Gasteiger partial charge in [-0.2, -0.15) is 0 Å². The number of unbranched alkanes of at least 4 members (excludes halogenated alkanes) is 1. The zero-order valence-electron chi connectivity index (χ0n) is 7.99. The Morgan fingerprint density at radius 2 is 2.31 bits per heavy atom. The number of nitrogens with two attached hydrogens (primary N) is 1. The molecule has 74 valence electrons. The van der Waals surface area contributed by atoms with Crippen LogP contribution in [0.2, 0.25) is 0 Å². The lowest BCUT2D eigenvalue weighted by Gasteiger charge is -2.40. The van der Waals surface area contributed by atoms with Gasteiger partial charge in [-0.05, 0) is 19.3 Å². The summed E-state index contributed by atoms with van der Waals surface area (Å²) in [4.78, 5) is 10.9. The van der Waals surface area contributed by atoms with Crippen LogP contribution in [0.25, 0.3) is 0 Å². The highest BCUT2D eigenvalue weighted by Crippen LogP contribution is 2.41. The standard InChI is InChI=1S/C10H17NO2/c1-2-3-4-5-10(9(12)13)6-8(11)7-10/h4-5,8H,2-3,6-7,11H2,1H3,(H,12,13)/b5-4+. The van der Waals surface area contributed by atoms with E-state index in [0.29, 0.717) is 12.8 Å². The number of carboxylic acid groups (broad SMARTS) is 1. The van der Waals surface area contributed by atoms with E-state index in [1.165, 1.54) is 0 Å². The van der Waals surface area contributed by atoms with Gasteiger partial charge in [-0.25, -0.2) is 0 Å². The molecule has 1 fully saturated rings. The summed E-state index contributed by atoms with van der Waals surface area (Å²) in [6.07, 6.45) is 6.95. The molecule has 3 heteroatoms. The molecule has 0 amide bonds. The van der Waals surface area contributed by atoms with Gasteiger partial charge < -0.3 is 10.8 Å². The molecule has 0 bridgehead atoms. The summed E-state index contributed by atoms with van der Waals surface area (Å²) >= 11 is 0. The molecule has 0 aromatic heterocycles. The maximum atomic E-state index is 10.9. The Labute approximate surface area is 78.6 Å². The van der Waals surface area contributed by atoms with E-state index in [4.69, 9.17) is 10.8 Å². The Bertz CT molecular complexity index is 217. The van der Waals surface area contributed by atoms with Crippen molar-refractivity contribution >= 4 is 5.97 Å². The molecule has 0 aliphatic heterocycles. The van der Waals surface area contributed by atoms with Crippen LogP contribution in [0.1, 0.15) is 32.6 Å². The molecule has 1 saturated carbocycles. The summed E-state index contributed by atoms with van der Waals surface area (Å²) in [5.41, 5.74) is 4.95. The highest BCUT2D eigenvalue weighted by atomic mass is 16.4. The van der Waals surface area contributed by atoms with Gasteiger partial charge in [-0.1, -0.05) is 25.5 Å². The summed E-state index contributed by atoms with van der Waals surface area (Å²) < 4.78 is 0. The van der Waals surface area contributed by atoms with E-state index < -0.39 is 11.4 Å². The van der Waals surface area contributed by atoms with Gasteiger partial charge in [-0.15, -0.1) is 0 Å². The van der Waals surface area contributed by atoms with Crippen molar-refractivity contribution in [2.45, 2.75) is 38.6 Å². The maximum absolute atomic E-state index is 10.9. The second-order valence-electron chi connectivity index (χ2n) is 3.82. The maximum Gasteiger partial charge on any atom is 0.313 e. The first-order chi connectivity index (χ1) is 6.10. The first-order valence-electron chi connectivity index (χ1n) is 4.77. The average molecular weight is 183 g/mol. The quantitative estimate of drug-likeness (QED) is 0.650. The molecule has 3 N–H and O–H groups in total. The average Bonchev–Trinajstić information content (AvgIpc) is 2.00. The molecule has 1 aliphatic carbocycles. The number of allylic oxidation sites excluding steroid dienone is 1. The Hall–Kier alpha value is -0.830. The van der Waals surface area contributed by atoms with Crippen molar-refractivity contribution in [3.05, 3.63) is 12.2 Å². The van der Waals surface area contributed by atoms with Gasteiger partial charge >= 0.3 is 5.97 Å². The lowest BCUT2D eigenvalue weighted by molar-refractivity contribution is -0.151. The van der Waals surface area contributed by atoms with E-state index >= 15 is 0 Å². The highest BCUT2D eigenvalue weighted by molar-refractivity contribution is 5.78. The fourth-order valence-electron chi connectivity index (χ4n) is 1.73. The van der Waals surface area contributed by atoms with Gasteiger partial charge in [-0.3, -0.25) is 4.79 Å².